The number of nitrogens with zero attached hydrogens (tertiary/aromatic N) is 1. The molecule has 0 aliphatic rings. The number of aromatic amines is 1. The lowest BCUT2D eigenvalue weighted by Gasteiger charge is -1.98. The van der Waals surface area contributed by atoms with E-state index in [1.807, 2.05) is 0 Å². The fourth-order valence-electron chi connectivity index (χ4n) is 1.20. The Hall–Kier alpha value is -0.970. The third kappa shape index (κ3) is 1.44. The molecule has 1 aromatic carbocycles. The molecule has 0 radical (unpaired) electrons. The van der Waals surface area contributed by atoms with Crippen LogP contribution in [0.4, 0.5) is 8.78 Å². The van der Waals surface area contributed by atoms with Crippen LogP contribution < -0.4 is 0 Å². The second-order valence-corrected chi connectivity index (χ2v) is 3.32. The first kappa shape index (κ1) is 8.62. The van der Waals surface area contributed by atoms with Gasteiger partial charge in [-0.05, 0) is 22.0 Å². The number of halogens is 3. The molecule has 1 N–H and O–H groups in total. The summed E-state index contributed by atoms with van der Waals surface area (Å²) in [6.45, 7) is 0. The maximum atomic E-state index is 12.4. The van der Waals surface area contributed by atoms with Crippen LogP contribution in [-0.4, -0.2) is 9.97 Å². The first-order chi connectivity index (χ1) is 6.18. The van der Waals surface area contributed by atoms with E-state index in [2.05, 4.69) is 25.9 Å². The molecule has 0 saturated carbocycles. The van der Waals surface area contributed by atoms with Gasteiger partial charge in [0.05, 0.1) is 11.0 Å². The van der Waals surface area contributed by atoms with Crippen LogP contribution in [0.5, 0.6) is 0 Å². The van der Waals surface area contributed by atoms with Crippen molar-refractivity contribution in [1.82, 2.24) is 9.97 Å². The highest BCUT2D eigenvalue weighted by molar-refractivity contribution is 9.10. The number of rotatable bonds is 1. The number of aromatic nitrogens is 2. The van der Waals surface area contributed by atoms with Crippen molar-refractivity contribution in [3.8, 4) is 0 Å². The summed E-state index contributed by atoms with van der Waals surface area (Å²) in [7, 11) is 0. The van der Waals surface area contributed by atoms with Crippen molar-refractivity contribution in [3.05, 3.63) is 28.5 Å². The van der Waals surface area contributed by atoms with Gasteiger partial charge >= 0.3 is 0 Å². The maximum absolute atomic E-state index is 12.4. The molecule has 13 heavy (non-hydrogen) atoms. The van der Waals surface area contributed by atoms with E-state index in [-0.39, 0.29) is 5.56 Å². The van der Waals surface area contributed by atoms with Gasteiger partial charge in [-0.2, -0.15) is 0 Å². The Morgan fingerprint density at radius 3 is 2.85 bits per heavy atom. The molecule has 0 aliphatic heterocycles. The number of hydrogen-bond acceptors (Lipinski definition) is 1. The van der Waals surface area contributed by atoms with Crippen LogP contribution in [0.25, 0.3) is 11.0 Å². The zero-order valence-corrected chi connectivity index (χ0v) is 7.98. The largest absolute Gasteiger partial charge is 0.332 e. The highest BCUT2D eigenvalue weighted by Gasteiger charge is 2.13. The molecule has 0 bridgehead atoms. The highest BCUT2D eigenvalue weighted by atomic mass is 79.9. The topological polar surface area (TPSA) is 28.7 Å². The number of alkyl halides is 2. The molecule has 2 nitrogen and oxygen atoms in total. The lowest BCUT2D eigenvalue weighted by atomic mass is 10.2. The van der Waals surface area contributed by atoms with Gasteiger partial charge in [0.2, 0.25) is 0 Å². The van der Waals surface area contributed by atoms with Crippen molar-refractivity contribution in [2.45, 2.75) is 6.43 Å². The van der Waals surface area contributed by atoms with Gasteiger partial charge in [-0.1, -0.05) is 12.1 Å². The van der Waals surface area contributed by atoms with E-state index in [0.29, 0.717) is 15.8 Å². The molecule has 0 aliphatic carbocycles. The number of para-hydroxylation sites is 1. The van der Waals surface area contributed by atoms with E-state index in [4.69, 9.17) is 0 Å². The summed E-state index contributed by atoms with van der Waals surface area (Å²) in [6.07, 6.45) is -2.49. The summed E-state index contributed by atoms with van der Waals surface area (Å²) in [5.74, 6) is 0. The molecule has 0 amide bonds. The van der Waals surface area contributed by atoms with Gasteiger partial charge in [-0.15, -0.1) is 0 Å². The first-order valence-corrected chi connectivity index (χ1v) is 4.40. The van der Waals surface area contributed by atoms with Crippen molar-refractivity contribution in [2.75, 3.05) is 0 Å². The van der Waals surface area contributed by atoms with Crippen molar-refractivity contribution < 1.29 is 8.78 Å². The number of fused-ring (bicyclic) bond motifs is 1. The Morgan fingerprint density at radius 2 is 2.15 bits per heavy atom. The van der Waals surface area contributed by atoms with E-state index >= 15 is 0 Å². The van der Waals surface area contributed by atoms with Crippen LogP contribution in [0, 0.1) is 0 Å². The average Bonchev–Trinajstić information content (AvgIpc) is 2.43. The van der Waals surface area contributed by atoms with Gasteiger partial charge in [0.25, 0.3) is 6.43 Å². The molecular weight excluding hydrogens is 242 g/mol. The third-order valence-corrected chi connectivity index (χ3v) is 2.13. The fraction of sp³-hybridized carbons (Fsp3) is 0.125. The number of H-pyrrole nitrogens is 1. The van der Waals surface area contributed by atoms with Crippen molar-refractivity contribution in [1.29, 1.82) is 0 Å². The summed E-state index contributed by atoms with van der Waals surface area (Å²) in [6, 6.07) is 4.66. The van der Waals surface area contributed by atoms with Crippen LogP contribution in [0.3, 0.4) is 0 Å². The molecule has 68 valence electrons. The molecular formula is C8H5BrF2N2. The van der Waals surface area contributed by atoms with Crippen LogP contribution in [0.15, 0.2) is 22.9 Å². The Labute approximate surface area is 81.1 Å². The van der Waals surface area contributed by atoms with Crippen LogP contribution in [-0.2, 0) is 0 Å². The smallest absolute Gasteiger partial charge is 0.266 e. The predicted molar refractivity (Wildman–Crippen MR) is 48.8 cm³/mol. The first-order valence-electron chi connectivity index (χ1n) is 3.61. The van der Waals surface area contributed by atoms with Crippen LogP contribution in [0.2, 0.25) is 0 Å². The van der Waals surface area contributed by atoms with Crippen molar-refractivity contribution in [3.63, 3.8) is 0 Å². The molecule has 2 rings (SSSR count). The molecule has 0 fully saturated rings. The van der Waals surface area contributed by atoms with Gasteiger partial charge in [-0.3, -0.25) is 0 Å². The zero-order chi connectivity index (χ0) is 9.42. The summed E-state index contributed by atoms with van der Waals surface area (Å²) in [5, 5.41) is 0. The Bertz CT molecular complexity index is 439. The minimum absolute atomic E-state index is 0.0422. The maximum Gasteiger partial charge on any atom is 0.266 e. The van der Waals surface area contributed by atoms with Gasteiger partial charge in [0.1, 0.15) is 0 Å². The normalized spacial score (nSPS) is 11.4. The molecule has 0 saturated heterocycles. The number of imidazole rings is 1. The van der Waals surface area contributed by atoms with E-state index in [1.165, 1.54) is 6.07 Å². The average molecular weight is 247 g/mol. The van der Waals surface area contributed by atoms with Gasteiger partial charge in [0.15, 0.2) is 4.73 Å². The molecule has 2 aromatic rings. The van der Waals surface area contributed by atoms with E-state index < -0.39 is 6.43 Å². The fourth-order valence-corrected chi connectivity index (χ4v) is 1.59. The quantitative estimate of drug-likeness (QED) is 0.823. The van der Waals surface area contributed by atoms with E-state index in [0.717, 1.165) is 0 Å². The summed E-state index contributed by atoms with van der Waals surface area (Å²) in [5.41, 5.74) is 0.897. The van der Waals surface area contributed by atoms with Gasteiger partial charge in [-0.25, -0.2) is 13.8 Å². The van der Waals surface area contributed by atoms with Crippen molar-refractivity contribution in [2.24, 2.45) is 0 Å². The molecule has 0 atom stereocenters. The second kappa shape index (κ2) is 3.06. The Balaban J connectivity index is 2.75. The summed E-state index contributed by atoms with van der Waals surface area (Å²) in [4.78, 5) is 6.74. The molecule has 0 unspecified atom stereocenters. The lowest BCUT2D eigenvalue weighted by Crippen LogP contribution is -1.85. The Morgan fingerprint density at radius 1 is 1.38 bits per heavy atom. The molecule has 0 spiro atoms. The minimum atomic E-state index is -2.49. The van der Waals surface area contributed by atoms with Crippen LogP contribution in [0.1, 0.15) is 12.0 Å². The third-order valence-electron chi connectivity index (χ3n) is 1.75. The monoisotopic (exact) mass is 246 g/mol. The minimum Gasteiger partial charge on any atom is -0.332 e. The highest BCUT2D eigenvalue weighted by Crippen LogP contribution is 2.26. The predicted octanol–water partition coefficient (Wildman–Crippen LogP) is 3.26. The SMILES string of the molecule is FC(F)c1cccc2[nH]c(Br)nc12. The molecule has 1 aromatic heterocycles. The van der Waals surface area contributed by atoms with E-state index in [1.54, 1.807) is 12.1 Å². The number of nitrogens with one attached hydrogen (secondary N) is 1. The second-order valence-electron chi connectivity index (χ2n) is 2.57. The summed E-state index contributed by atoms with van der Waals surface area (Å²) >= 11 is 3.10. The van der Waals surface area contributed by atoms with Gasteiger partial charge in [0, 0.05) is 5.56 Å². The van der Waals surface area contributed by atoms with Crippen LogP contribution >= 0.6 is 15.9 Å². The standard InChI is InChI=1S/C8H5BrF2N2/c9-8-12-5-3-1-2-4(7(10)11)6(5)13-8/h1-3,7H,(H,12,13). The van der Waals surface area contributed by atoms with E-state index in [9.17, 15) is 8.78 Å². The molecule has 1 heterocycles. The lowest BCUT2D eigenvalue weighted by molar-refractivity contribution is 0.153. The summed E-state index contributed by atoms with van der Waals surface area (Å²) < 4.78 is 25.3. The zero-order valence-electron chi connectivity index (χ0n) is 6.39. The van der Waals surface area contributed by atoms with Gasteiger partial charge < -0.3 is 4.98 Å². The Kier molecular flexibility index (Phi) is 2.03. The number of benzene rings is 1. The van der Waals surface area contributed by atoms with Crippen molar-refractivity contribution >= 4 is 27.0 Å². The number of hydrogen-bond donors (Lipinski definition) is 1. The molecule has 5 heteroatoms.